The predicted molar refractivity (Wildman–Crippen MR) is 102 cm³/mol. The van der Waals surface area contributed by atoms with Gasteiger partial charge in [-0.25, -0.2) is 0 Å². The number of thiophene rings is 2. The molecule has 0 aliphatic heterocycles. The molecule has 1 saturated carbocycles. The number of aryl methyl sites for hydroxylation is 1. The van der Waals surface area contributed by atoms with Gasteiger partial charge in [0.2, 0.25) is 0 Å². The van der Waals surface area contributed by atoms with Crippen LogP contribution in [0.15, 0.2) is 12.1 Å². The summed E-state index contributed by atoms with van der Waals surface area (Å²) in [6.45, 7) is 7.09. The van der Waals surface area contributed by atoms with Crippen molar-refractivity contribution in [2.75, 3.05) is 0 Å². The molecule has 122 valence electrons. The number of hydrogen-bond acceptors (Lipinski definition) is 2. The topological polar surface area (TPSA) is 0 Å². The first-order valence-electron chi connectivity index (χ1n) is 9.23. The Hall–Kier alpha value is -0.340. The summed E-state index contributed by atoms with van der Waals surface area (Å²) in [6, 6.07) is 4.95. The fourth-order valence-corrected chi connectivity index (χ4v) is 6.80. The molecule has 1 unspecified atom stereocenters. The predicted octanol–water partition coefficient (Wildman–Crippen LogP) is 7.63. The van der Waals surface area contributed by atoms with Crippen LogP contribution in [0.5, 0.6) is 0 Å². The summed E-state index contributed by atoms with van der Waals surface area (Å²) in [5.41, 5.74) is 0. The maximum Gasteiger partial charge on any atom is 0.0456 e. The van der Waals surface area contributed by atoms with Gasteiger partial charge < -0.3 is 0 Å². The Morgan fingerprint density at radius 3 is 2.36 bits per heavy atom. The lowest BCUT2D eigenvalue weighted by Gasteiger charge is -2.31. The van der Waals surface area contributed by atoms with Crippen LogP contribution in [0.3, 0.4) is 0 Å². The zero-order valence-electron chi connectivity index (χ0n) is 14.4. The second kappa shape index (κ2) is 7.49. The molecule has 2 heterocycles. The van der Waals surface area contributed by atoms with Gasteiger partial charge in [-0.3, -0.25) is 0 Å². The van der Waals surface area contributed by atoms with E-state index in [1.54, 1.807) is 9.75 Å². The van der Waals surface area contributed by atoms with E-state index in [0.29, 0.717) is 0 Å². The molecule has 0 spiro atoms. The summed E-state index contributed by atoms with van der Waals surface area (Å²) in [4.78, 5) is 3.21. The van der Waals surface area contributed by atoms with Gasteiger partial charge in [-0.2, -0.15) is 0 Å². The van der Waals surface area contributed by atoms with Crippen molar-refractivity contribution in [1.29, 1.82) is 0 Å². The summed E-state index contributed by atoms with van der Waals surface area (Å²) >= 11 is 4.09. The van der Waals surface area contributed by atoms with E-state index in [9.17, 15) is 0 Å². The molecule has 1 aliphatic carbocycles. The van der Waals surface area contributed by atoms with Crippen molar-refractivity contribution in [2.24, 2.45) is 11.8 Å². The molecule has 0 N–H and O–H groups in total. The van der Waals surface area contributed by atoms with Crippen LogP contribution in [0.25, 0.3) is 9.40 Å². The van der Waals surface area contributed by atoms with Crippen molar-refractivity contribution in [1.82, 2.24) is 0 Å². The SMILES string of the molecule is CCCc1cc2sc(C(C)C3CCC(CCC)CC3)cc2s1. The first-order valence-corrected chi connectivity index (χ1v) is 10.9. The first-order chi connectivity index (χ1) is 10.7. The third kappa shape index (κ3) is 3.59. The van der Waals surface area contributed by atoms with Crippen LogP contribution in [-0.4, -0.2) is 0 Å². The Balaban J connectivity index is 1.65. The lowest BCUT2D eigenvalue weighted by molar-refractivity contribution is 0.240. The van der Waals surface area contributed by atoms with Gasteiger partial charge >= 0.3 is 0 Å². The zero-order valence-corrected chi connectivity index (χ0v) is 16.0. The lowest BCUT2D eigenvalue weighted by atomic mass is 9.75. The Kier molecular flexibility index (Phi) is 5.62. The van der Waals surface area contributed by atoms with Crippen molar-refractivity contribution >= 4 is 32.1 Å². The molecule has 1 fully saturated rings. The van der Waals surface area contributed by atoms with E-state index in [1.807, 2.05) is 11.3 Å². The summed E-state index contributed by atoms with van der Waals surface area (Å²) in [7, 11) is 0. The highest BCUT2D eigenvalue weighted by molar-refractivity contribution is 7.27. The van der Waals surface area contributed by atoms with Crippen molar-refractivity contribution in [3.63, 3.8) is 0 Å². The maximum absolute atomic E-state index is 2.51. The van der Waals surface area contributed by atoms with Gasteiger partial charge in [0.25, 0.3) is 0 Å². The number of hydrogen-bond donors (Lipinski definition) is 0. The van der Waals surface area contributed by atoms with Gasteiger partial charge in [0.1, 0.15) is 0 Å². The first kappa shape index (κ1) is 16.5. The summed E-state index contributed by atoms with van der Waals surface area (Å²) in [5.74, 6) is 2.72. The maximum atomic E-state index is 2.51. The van der Waals surface area contributed by atoms with Crippen LogP contribution in [0.4, 0.5) is 0 Å². The van der Waals surface area contributed by atoms with Gasteiger partial charge in [0, 0.05) is 19.2 Å². The smallest absolute Gasteiger partial charge is 0.0456 e. The molecule has 0 bridgehead atoms. The van der Waals surface area contributed by atoms with E-state index >= 15 is 0 Å². The monoisotopic (exact) mass is 334 g/mol. The molecule has 2 aromatic rings. The summed E-state index contributed by atoms with van der Waals surface area (Å²) < 4.78 is 3.07. The Bertz CT molecular complexity index is 552. The Morgan fingerprint density at radius 2 is 1.73 bits per heavy atom. The standard InChI is InChI=1S/C20H30S2/c1-4-6-15-8-10-16(11-9-15)14(3)18-13-20-19(22-18)12-17(21-20)7-5-2/h12-16H,4-11H2,1-3H3. The molecular weight excluding hydrogens is 304 g/mol. The average Bonchev–Trinajstić information content (AvgIpc) is 3.06. The van der Waals surface area contributed by atoms with Crippen LogP contribution in [0, 0.1) is 11.8 Å². The average molecular weight is 335 g/mol. The molecule has 0 nitrogen and oxygen atoms in total. The van der Waals surface area contributed by atoms with Crippen molar-refractivity contribution in [3.8, 4) is 0 Å². The fourth-order valence-electron chi connectivity index (χ4n) is 4.12. The van der Waals surface area contributed by atoms with Crippen molar-refractivity contribution < 1.29 is 0 Å². The number of fused-ring (bicyclic) bond motifs is 1. The minimum Gasteiger partial charge on any atom is -0.139 e. The second-order valence-electron chi connectivity index (χ2n) is 7.20. The molecular formula is C20H30S2. The third-order valence-electron chi connectivity index (χ3n) is 5.52. The van der Waals surface area contributed by atoms with Gasteiger partial charge in [-0.1, -0.05) is 52.9 Å². The minimum atomic E-state index is 0.766. The van der Waals surface area contributed by atoms with E-state index in [4.69, 9.17) is 0 Å². The normalized spacial score (nSPS) is 24.0. The molecule has 0 saturated heterocycles. The minimum absolute atomic E-state index is 0.766. The largest absolute Gasteiger partial charge is 0.139 e. The van der Waals surface area contributed by atoms with Gasteiger partial charge in [0.15, 0.2) is 0 Å². The van der Waals surface area contributed by atoms with Crippen molar-refractivity contribution in [3.05, 3.63) is 21.9 Å². The lowest BCUT2D eigenvalue weighted by Crippen LogP contribution is -2.18. The second-order valence-corrected chi connectivity index (χ2v) is 9.48. The third-order valence-corrected chi connectivity index (χ3v) is 8.07. The molecule has 0 aromatic carbocycles. The molecule has 22 heavy (non-hydrogen) atoms. The summed E-state index contributed by atoms with van der Waals surface area (Å²) in [5, 5.41) is 0. The van der Waals surface area contributed by atoms with Gasteiger partial charge in [-0.15, -0.1) is 22.7 Å². The van der Waals surface area contributed by atoms with E-state index in [1.165, 1.54) is 60.8 Å². The molecule has 2 heteroatoms. The van der Waals surface area contributed by atoms with Crippen LogP contribution in [-0.2, 0) is 6.42 Å². The molecule has 0 amide bonds. The van der Waals surface area contributed by atoms with Crippen LogP contribution in [0.1, 0.15) is 81.4 Å². The Morgan fingerprint density at radius 1 is 1.00 bits per heavy atom. The highest BCUT2D eigenvalue weighted by Gasteiger charge is 2.26. The molecule has 2 aromatic heterocycles. The molecule has 3 rings (SSSR count). The van der Waals surface area contributed by atoms with Gasteiger partial charge in [-0.05, 0) is 49.1 Å². The zero-order chi connectivity index (χ0) is 15.5. The van der Waals surface area contributed by atoms with E-state index in [2.05, 4.69) is 44.2 Å². The van der Waals surface area contributed by atoms with Crippen LogP contribution >= 0.6 is 22.7 Å². The van der Waals surface area contributed by atoms with Gasteiger partial charge in [0.05, 0.1) is 0 Å². The molecule has 0 radical (unpaired) electrons. The fraction of sp³-hybridized carbons (Fsp3) is 0.700. The van der Waals surface area contributed by atoms with E-state index < -0.39 is 0 Å². The van der Waals surface area contributed by atoms with Crippen molar-refractivity contribution in [2.45, 2.75) is 78.1 Å². The summed E-state index contributed by atoms with van der Waals surface area (Å²) in [6.07, 6.45) is 11.2. The van der Waals surface area contributed by atoms with Crippen LogP contribution in [0.2, 0.25) is 0 Å². The Labute approximate surface area is 143 Å². The van der Waals surface area contributed by atoms with E-state index in [0.717, 1.165) is 17.8 Å². The van der Waals surface area contributed by atoms with Crippen LogP contribution < -0.4 is 0 Å². The highest BCUT2D eigenvalue weighted by atomic mass is 32.1. The molecule has 1 atom stereocenters. The highest BCUT2D eigenvalue weighted by Crippen LogP contribution is 2.44. The van der Waals surface area contributed by atoms with E-state index in [-0.39, 0.29) is 0 Å². The quantitative estimate of drug-likeness (QED) is 0.509. The number of rotatable bonds is 6. The molecule has 1 aliphatic rings.